The van der Waals surface area contributed by atoms with Crippen LogP contribution in [0.1, 0.15) is 24.2 Å². The number of nitrogens with one attached hydrogen (secondary N) is 3. The van der Waals surface area contributed by atoms with Gasteiger partial charge in [0, 0.05) is 37.8 Å². The van der Waals surface area contributed by atoms with E-state index in [1.165, 1.54) is 19.2 Å². The molecule has 30 heavy (non-hydrogen) atoms. The number of methoxy groups -OCH3 is 1. The number of anilines is 2. The molecule has 1 saturated heterocycles. The highest BCUT2D eigenvalue weighted by Gasteiger charge is 2.21. The van der Waals surface area contributed by atoms with Crippen molar-refractivity contribution < 1.29 is 17.9 Å². The van der Waals surface area contributed by atoms with Crippen LogP contribution in [-0.4, -0.2) is 53.7 Å². The Morgan fingerprint density at radius 3 is 2.37 bits per heavy atom. The van der Waals surface area contributed by atoms with E-state index < -0.39 is 10.0 Å². The van der Waals surface area contributed by atoms with Crippen molar-refractivity contribution in [3.63, 3.8) is 0 Å². The number of carbonyl (C=O) groups excluding carboxylic acids is 1. The minimum Gasteiger partial charge on any atom is -0.497 e. The van der Waals surface area contributed by atoms with E-state index in [1.54, 1.807) is 30.3 Å². The summed E-state index contributed by atoms with van der Waals surface area (Å²) >= 11 is 0. The Balaban J connectivity index is 1.96. The standard InChI is InChI=1S/C21H28N4O4S/c1-15(2)23-21(26)16-4-9-20(25-12-10-22-11-13-25)19(14-16)24-30(27,28)18-7-5-17(29-3)6-8-18/h4-9,14-15,22,24H,10-13H2,1-3H3,(H,23,26). The predicted octanol–water partition coefficient (Wildman–Crippen LogP) is 2.04. The molecule has 1 amide bonds. The molecule has 0 radical (unpaired) electrons. The summed E-state index contributed by atoms with van der Waals surface area (Å²) in [5.41, 5.74) is 1.52. The molecular formula is C21H28N4O4S. The number of carbonyl (C=O) groups is 1. The molecule has 1 fully saturated rings. The molecule has 0 spiro atoms. The topological polar surface area (TPSA) is 99.8 Å². The lowest BCUT2D eigenvalue weighted by Crippen LogP contribution is -2.43. The van der Waals surface area contributed by atoms with E-state index in [0.717, 1.165) is 31.9 Å². The van der Waals surface area contributed by atoms with Gasteiger partial charge in [-0.05, 0) is 56.3 Å². The van der Waals surface area contributed by atoms with Crippen LogP contribution in [-0.2, 0) is 10.0 Å². The molecule has 3 N–H and O–H groups in total. The Bertz CT molecular complexity index is 985. The van der Waals surface area contributed by atoms with E-state index in [2.05, 4.69) is 20.3 Å². The number of hydrogen-bond donors (Lipinski definition) is 3. The normalized spacial score (nSPS) is 14.5. The van der Waals surface area contributed by atoms with Gasteiger partial charge in [-0.25, -0.2) is 8.42 Å². The molecular weight excluding hydrogens is 404 g/mol. The van der Waals surface area contributed by atoms with E-state index >= 15 is 0 Å². The lowest BCUT2D eigenvalue weighted by atomic mass is 10.1. The number of nitrogens with zero attached hydrogens (tertiary/aromatic N) is 1. The second-order valence-corrected chi connectivity index (χ2v) is 9.06. The summed E-state index contributed by atoms with van der Waals surface area (Å²) in [6.45, 7) is 6.85. The van der Waals surface area contributed by atoms with Gasteiger partial charge < -0.3 is 20.3 Å². The van der Waals surface area contributed by atoms with Gasteiger partial charge in [0.15, 0.2) is 0 Å². The molecule has 3 rings (SSSR count). The lowest BCUT2D eigenvalue weighted by Gasteiger charge is -2.31. The van der Waals surface area contributed by atoms with Crippen molar-refractivity contribution in [1.82, 2.24) is 10.6 Å². The molecule has 2 aromatic rings. The van der Waals surface area contributed by atoms with Crippen molar-refractivity contribution in [2.24, 2.45) is 0 Å². The van der Waals surface area contributed by atoms with Gasteiger partial charge in [-0.2, -0.15) is 0 Å². The van der Waals surface area contributed by atoms with Crippen LogP contribution in [0.15, 0.2) is 47.4 Å². The van der Waals surface area contributed by atoms with Gasteiger partial charge >= 0.3 is 0 Å². The van der Waals surface area contributed by atoms with Crippen molar-refractivity contribution in [1.29, 1.82) is 0 Å². The SMILES string of the molecule is COc1ccc(S(=O)(=O)Nc2cc(C(=O)NC(C)C)ccc2N2CCNCC2)cc1. The monoisotopic (exact) mass is 432 g/mol. The van der Waals surface area contributed by atoms with E-state index in [9.17, 15) is 13.2 Å². The second-order valence-electron chi connectivity index (χ2n) is 7.38. The first-order valence-corrected chi connectivity index (χ1v) is 11.4. The summed E-state index contributed by atoms with van der Waals surface area (Å²) in [5, 5.41) is 6.12. The van der Waals surface area contributed by atoms with Crippen LogP contribution >= 0.6 is 0 Å². The third-order valence-electron chi connectivity index (χ3n) is 4.75. The smallest absolute Gasteiger partial charge is 0.261 e. The van der Waals surface area contributed by atoms with Crippen LogP contribution in [0.3, 0.4) is 0 Å². The third-order valence-corrected chi connectivity index (χ3v) is 6.13. The van der Waals surface area contributed by atoms with Gasteiger partial charge in [0.25, 0.3) is 15.9 Å². The minimum absolute atomic E-state index is 0.0233. The average molecular weight is 433 g/mol. The molecule has 162 valence electrons. The zero-order valence-corrected chi connectivity index (χ0v) is 18.3. The number of sulfonamides is 1. The first kappa shape index (κ1) is 21.9. The molecule has 0 unspecified atom stereocenters. The lowest BCUT2D eigenvalue weighted by molar-refractivity contribution is 0.0943. The molecule has 1 aliphatic rings. The summed E-state index contributed by atoms with van der Waals surface area (Å²) in [6.07, 6.45) is 0. The predicted molar refractivity (Wildman–Crippen MR) is 118 cm³/mol. The fourth-order valence-corrected chi connectivity index (χ4v) is 4.31. The van der Waals surface area contributed by atoms with Gasteiger partial charge in [-0.15, -0.1) is 0 Å². The summed E-state index contributed by atoms with van der Waals surface area (Å²) in [7, 11) is -2.32. The fourth-order valence-electron chi connectivity index (χ4n) is 3.24. The Hall–Kier alpha value is -2.78. The number of ether oxygens (including phenoxy) is 1. The maximum Gasteiger partial charge on any atom is 0.261 e. The van der Waals surface area contributed by atoms with Crippen molar-refractivity contribution in [3.05, 3.63) is 48.0 Å². The van der Waals surface area contributed by atoms with E-state index in [1.807, 2.05) is 13.8 Å². The Morgan fingerprint density at radius 1 is 1.10 bits per heavy atom. The molecule has 9 heteroatoms. The van der Waals surface area contributed by atoms with Gasteiger partial charge in [0.1, 0.15) is 5.75 Å². The zero-order chi connectivity index (χ0) is 21.7. The molecule has 1 aliphatic heterocycles. The maximum atomic E-state index is 13.0. The van der Waals surface area contributed by atoms with Crippen LogP contribution in [0.5, 0.6) is 5.75 Å². The third kappa shape index (κ3) is 5.22. The first-order valence-electron chi connectivity index (χ1n) is 9.87. The number of piperazine rings is 1. The first-order chi connectivity index (χ1) is 14.3. The molecule has 0 saturated carbocycles. The van der Waals surface area contributed by atoms with E-state index in [0.29, 0.717) is 17.0 Å². The van der Waals surface area contributed by atoms with E-state index in [-0.39, 0.29) is 16.8 Å². The van der Waals surface area contributed by atoms with Crippen LogP contribution in [0.2, 0.25) is 0 Å². The quantitative estimate of drug-likeness (QED) is 0.619. The maximum absolute atomic E-state index is 13.0. The van der Waals surface area contributed by atoms with Gasteiger partial charge in [0.2, 0.25) is 0 Å². The summed E-state index contributed by atoms with van der Waals surface area (Å²) in [6, 6.07) is 11.3. The zero-order valence-electron chi connectivity index (χ0n) is 17.4. The molecule has 0 aromatic heterocycles. The van der Waals surface area contributed by atoms with Crippen LogP contribution < -0.4 is 25.0 Å². The highest BCUT2D eigenvalue weighted by Crippen LogP contribution is 2.30. The molecule has 0 aliphatic carbocycles. The number of hydrogen-bond acceptors (Lipinski definition) is 6. The Morgan fingerprint density at radius 2 is 1.77 bits per heavy atom. The van der Waals surface area contributed by atoms with Crippen LogP contribution in [0.25, 0.3) is 0 Å². The van der Waals surface area contributed by atoms with Crippen molar-refractivity contribution in [2.75, 3.05) is 42.9 Å². The second kappa shape index (κ2) is 9.36. The molecule has 0 atom stereocenters. The Labute approximate surface area is 177 Å². The molecule has 1 heterocycles. The summed E-state index contributed by atoms with van der Waals surface area (Å²) in [4.78, 5) is 14.7. The largest absolute Gasteiger partial charge is 0.497 e. The summed E-state index contributed by atoms with van der Waals surface area (Å²) < 4.78 is 33.8. The van der Waals surface area contributed by atoms with Crippen molar-refractivity contribution in [2.45, 2.75) is 24.8 Å². The fraction of sp³-hybridized carbons (Fsp3) is 0.381. The molecule has 2 aromatic carbocycles. The average Bonchev–Trinajstić information content (AvgIpc) is 2.73. The highest BCUT2D eigenvalue weighted by molar-refractivity contribution is 7.92. The van der Waals surface area contributed by atoms with Gasteiger partial charge in [-0.1, -0.05) is 0 Å². The number of rotatable bonds is 7. The van der Waals surface area contributed by atoms with Crippen molar-refractivity contribution in [3.8, 4) is 5.75 Å². The molecule has 8 nitrogen and oxygen atoms in total. The van der Waals surface area contributed by atoms with Crippen molar-refractivity contribution >= 4 is 27.3 Å². The highest BCUT2D eigenvalue weighted by atomic mass is 32.2. The Kier molecular flexibility index (Phi) is 6.84. The van der Waals surface area contributed by atoms with E-state index in [4.69, 9.17) is 4.74 Å². The van der Waals surface area contributed by atoms with Gasteiger partial charge in [-0.3, -0.25) is 9.52 Å². The summed E-state index contributed by atoms with van der Waals surface area (Å²) in [5.74, 6) is 0.324. The minimum atomic E-state index is -3.84. The van der Waals surface area contributed by atoms with Crippen LogP contribution in [0, 0.1) is 0 Å². The number of benzene rings is 2. The van der Waals surface area contributed by atoms with Gasteiger partial charge in [0.05, 0.1) is 23.4 Å². The van der Waals surface area contributed by atoms with Crippen LogP contribution in [0.4, 0.5) is 11.4 Å². The molecule has 0 bridgehead atoms. The number of amides is 1.